The molecule has 0 radical (unpaired) electrons. The van der Waals surface area contributed by atoms with Crippen molar-refractivity contribution in [2.75, 3.05) is 0 Å². The number of rotatable bonds is 4. The number of hydrogen-bond donors (Lipinski definition) is 0. The van der Waals surface area contributed by atoms with Crippen LogP contribution in [0.25, 0.3) is 0 Å². The van der Waals surface area contributed by atoms with E-state index in [0.717, 1.165) is 0 Å². The van der Waals surface area contributed by atoms with Gasteiger partial charge >= 0.3 is 0 Å². The molecule has 0 aromatic carbocycles. The normalized spacial score (nSPS) is 18.8. The van der Waals surface area contributed by atoms with E-state index in [0.29, 0.717) is 0 Å². The molecule has 19 heavy (non-hydrogen) atoms. The fourth-order valence-corrected chi connectivity index (χ4v) is 6.86. The van der Waals surface area contributed by atoms with Crippen LogP contribution in [-0.4, -0.2) is 28.3 Å². The van der Waals surface area contributed by atoms with Gasteiger partial charge in [-0.05, 0) is 30.1 Å². The molecule has 2 atom stereocenters. The number of carbonyl (C=O) groups excluding carboxylic acids is 1. The quantitative estimate of drug-likeness (QED) is 0.750. The van der Waals surface area contributed by atoms with Crippen molar-refractivity contribution in [1.29, 1.82) is 0 Å². The van der Waals surface area contributed by atoms with Crippen LogP contribution >= 0.6 is 0 Å². The van der Waals surface area contributed by atoms with E-state index in [4.69, 9.17) is 4.43 Å². The van der Waals surface area contributed by atoms with Crippen LogP contribution in [0, 0.1) is 0 Å². The summed E-state index contributed by atoms with van der Waals surface area (Å²) >= 11 is 0. The molecule has 0 fully saturated rings. The van der Waals surface area contributed by atoms with E-state index in [9.17, 15) is 9.90 Å². The van der Waals surface area contributed by atoms with Gasteiger partial charge in [-0.25, -0.2) is 0 Å². The lowest BCUT2D eigenvalue weighted by molar-refractivity contribution is -0.317. The smallest absolute Gasteiger partial charge is 0.192 e. The Balaban J connectivity index is 5.54. The van der Waals surface area contributed by atoms with Crippen molar-refractivity contribution in [2.45, 2.75) is 83.4 Å². The molecular formula is C14H31O3Si2-. The van der Waals surface area contributed by atoms with Gasteiger partial charge in [-0.1, -0.05) is 48.1 Å². The molecule has 0 aliphatic heterocycles. The third-order valence-electron chi connectivity index (χ3n) is 4.80. The maximum Gasteiger partial charge on any atom is 0.192 e. The van der Waals surface area contributed by atoms with E-state index in [1.165, 1.54) is 0 Å². The fourth-order valence-electron chi connectivity index (χ4n) is 1.82. The fraction of sp³-hybridized carbons (Fsp3) is 0.929. The highest BCUT2D eigenvalue weighted by Crippen LogP contribution is 2.42. The van der Waals surface area contributed by atoms with E-state index < -0.39 is 28.3 Å². The minimum atomic E-state index is -2.13. The van der Waals surface area contributed by atoms with Crippen molar-refractivity contribution < 1.29 is 14.3 Å². The number of hydrogen-bond acceptors (Lipinski definition) is 3. The van der Waals surface area contributed by atoms with Gasteiger partial charge in [0.2, 0.25) is 0 Å². The topological polar surface area (TPSA) is 49.4 Å². The molecule has 2 unspecified atom stereocenters. The Bertz CT molecular complexity index is 340. The zero-order chi connectivity index (χ0) is 15.9. The molecule has 0 rings (SSSR count). The van der Waals surface area contributed by atoms with Gasteiger partial charge in [0.05, 0.1) is 20.0 Å². The maximum absolute atomic E-state index is 11.7. The average molecular weight is 304 g/mol. The summed E-state index contributed by atoms with van der Waals surface area (Å²) in [7, 11) is -3.83. The predicted octanol–water partition coefficient (Wildman–Crippen LogP) is 2.71. The Kier molecular flexibility index (Phi) is 5.29. The van der Waals surface area contributed by atoms with Crippen molar-refractivity contribution in [1.82, 2.24) is 0 Å². The van der Waals surface area contributed by atoms with E-state index >= 15 is 0 Å². The third kappa shape index (κ3) is 4.16. The summed E-state index contributed by atoms with van der Waals surface area (Å²) in [5.74, 6) is -1.05. The van der Waals surface area contributed by atoms with Crippen LogP contribution in [0.1, 0.15) is 48.5 Å². The van der Waals surface area contributed by atoms with Crippen LogP contribution < -0.4 is 5.11 Å². The van der Waals surface area contributed by atoms with Crippen LogP contribution in [-0.2, 0) is 9.22 Å². The first kappa shape index (κ1) is 18.9. The molecule has 0 aliphatic rings. The SMILES string of the molecule is C[SiH](C(C)(C)C)C(C)(O[Si](C)(C)C(C)(C)C)C(=O)[O-]. The zero-order valence-electron chi connectivity index (χ0n) is 14.3. The first-order valence-corrected chi connectivity index (χ1v) is 12.2. The summed E-state index contributed by atoms with van der Waals surface area (Å²) in [6.45, 7) is 20.7. The molecule has 3 nitrogen and oxygen atoms in total. The molecule has 114 valence electrons. The number of carbonyl (C=O) groups is 1. The van der Waals surface area contributed by atoms with Gasteiger partial charge in [0.1, 0.15) is 0 Å². The Labute approximate surface area is 121 Å². The molecule has 0 heterocycles. The Morgan fingerprint density at radius 1 is 1.05 bits per heavy atom. The van der Waals surface area contributed by atoms with Crippen LogP contribution in [0.15, 0.2) is 0 Å². The van der Waals surface area contributed by atoms with Crippen molar-refractivity contribution in [3.8, 4) is 0 Å². The van der Waals surface area contributed by atoms with Gasteiger partial charge in [-0.15, -0.1) is 0 Å². The minimum Gasteiger partial charge on any atom is -0.547 e. The first-order valence-electron chi connectivity index (χ1n) is 6.97. The summed E-state index contributed by atoms with van der Waals surface area (Å²) in [5.41, 5.74) is 0. The second-order valence-corrected chi connectivity index (χ2v) is 17.3. The molecule has 0 aromatic heterocycles. The molecule has 0 saturated carbocycles. The van der Waals surface area contributed by atoms with E-state index in [1.807, 2.05) is 0 Å². The Hall–Kier alpha value is -0.136. The lowest BCUT2D eigenvalue weighted by Crippen LogP contribution is -2.64. The average Bonchev–Trinajstić information content (AvgIpc) is 2.11. The van der Waals surface area contributed by atoms with Crippen molar-refractivity contribution in [3.63, 3.8) is 0 Å². The maximum atomic E-state index is 11.7. The van der Waals surface area contributed by atoms with Crippen LogP contribution in [0.2, 0.25) is 29.7 Å². The minimum absolute atomic E-state index is 0.00425. The second-order valence-electron chi connectivity index (χ2n) is 8.34. The highest BCUT2D eigenvalue weighted by molar-refractivity contribution is 6.76. The van der Waals surface area contributed by atoms with Crippen molar-refractivity contribution in [3.05, 3.63) is 0 Å². The van der Waals surface area contributed by atoms with Gasteiger partial charge in [0.25, 0.3) is 0 Å². The van der Waals surface area contributed by atoms with Crippen molar-refractivity contribution in [2.24, 2.45) is 0 Å². The van der Waals surface area contributed by atoms with Crippen LogP contribution in [0.3, 0.4) is 0 Å². The van der Waals surface area contributed by atoms with Crippen LogP contribution in [0.5, 0.6) is 0 Å². The number of aliphatic carboxylic acids is 1. The third-order valence-corrected chi connectivity index (χ3v) is 14.2. The standard InChI is InChI=1S/C14H32O3Si2/c1-12(2,3)18(8)14(7,11(15)16)17-19(9,10)13(4,5)6/h18H,1-10H3,(H,15,16)/p-1. The van der Waals surface area contributed by atoms with Gasteiger partial charge in [-0.3, -0.25) is 0 Å². The van der Waals surface area contributed by atoms with Crippen LogP contribution in [0.4, 0.5) is 0 Å². The predicted molar refractivity (Wildman–Crippen MR) is 84.4 cm³/mol. The molecule has 0 amide bonds. The van der Waals surface area contributed by atoms with Gasteiger partial charge < -0.3 is 14.3 Å². The molecule has 0 spiro atoms. The largest absolute Gasteiger partial charge is 0.547 e. The summed E-state index contributed by atoms with van der Waals surface area (Å²) in [6.07, 6.45) is 0. The summed E-state index contributed by atoms with van der Waals surface area (Å²) in [4.78, 5) is 11.7. The Morgan fingerprint density at radius 2 is 1.42 bits per heavy atom. The van der Waals surface area contributed by atoms with E-state index in [-0.39, 0.29) is 10.1 Å². The molecule has 0 bridgehead atoms. The molecule has 0 N–H and O–H groups in total. The Morgan fingerprint density at radius 3 is 1.63 bits per heavy atom. The van der Waals surface area contributed by atoms with E-state index in [2.05, 4.69) is 61.2 Å². The molecule has 0 saturated heterocycles. The number of carboxylic acids is 1. The summed E-state index contributed by atoms with van der Waals surface area (Å²) in [5, 5.41) is 10.6. The molecular weight excluding hydrogens is 272 g/mol. The lowest BCUT2D eigenvalue weighted by atomic mass is 10.2. The molecule has 0 aromatic rings. The zero-order valence-corrected chi connectivity index (χ0v) is 16.5. The van der Waals surface area contributed by atoms with Gasteiger partial charge in [-0.2, -0.15) is 0 Å². The lowest BCUT2D eigenvalue weighted by Gasteiger charge is -2.49. The molecule has 0 aliphatic carbocycles. The van der Waals surface area contributed by atoms with E-state index in [1.54, 1.807) is 6.92 Å². The summed E-state index contributed by atoms with van der Waals surface area (Å²) in [6, 6.07) is 0. The first-order chi connectivity index (χ1) is 8.06. The highest BCUT2D eigenvalue weighted by atomic mass is 28.4. The molecule has 5 heteroatoms. The second kappa shape index (κ2) is 5.33. The van der Waals surface area contributed by atoms with Crippen molar-refractivity contribution >= 4 is 23.1 Å². The van der Waals surface area contributed by atoms with Gasteiger partial charge in [0, 0.05) is 0 Å². The monoisotopic (exact) mass is 303 g/mol. The number of carboxylic acid groups (broad SMARTS) is 1. The van der Waals surface area contributed by atoms with Gasteiger partial charge in [0.15, 0.2) is 8.32 Å². The highest BCUT2D eigenvalue weighted by Gasteiger charge is 2.48. The summed E-state index contributed by atoms with van der Waals surface area (Å²) < 4.78 is 6.28.